The number of carbonyl (C=O) groups is 1. The Balaban J connectivity index is 1.58. The number of rotatable bonds is 3. The molecule has 3 rings (SSSR count). The third-order valence-electron chi connectivity index (χ3n) is 3.71. The zero-order chi connectivity index (χ0) is 15.7. The fraction of sp³-hybridized carbons (Fsp3) is 0.571. The fourth-order valence-electron chi connectivity index (χ4n) is 2.16. The second-order valence-electron chi connectivity index (χ2n) is 6.56. The van der Waals surface area contributed by atoms with Crippen molar-refractivity contribution in [1.29, 1.82) is 0 Å². The number of amides is 2. The SMILES string of the molecule is CC(C)(C)n1cnc(NC(=O)Nc2cnn(C3CCC3)c2)n1. The number of anilines is 2. The fourth-order valence-corrected chi connectivity index (χ4v) is 2.16. The van der Waals surface area contributed by atoms with Gasteiger partial charge in [-0.3, -0.25) is 10.00 Å². The summed E-state index contributed by atoms with van der Waals surface area (Å²) in [7, 11) is 0. The third kappa shape index (κ3) is 3.10. The zero-order valence-corrected chi connectivity index (χ0v) is 13.1. The van der Waals surface area contributed by atoms with E-state index in [0.29, 0.717) is 11.7 Å². The van der Waals surface area contributed by atoms with Gasteiger partial charge in [0.25, 0.3) is 0 Å². The first-order valence-electron chi connectivity index (χ1n) is 7.46. The van der Waals surface area contributed by atoms with Gasteiger partial charge < -0.3 is 5.32 Å². The van der Waals surface area contributed by atoms with E-state index in [2.05, 4.69) is 25.8 Å². The molecule has 0 aromatic carbocycles. The van der Waals surface area contributed by atoms with Crippen LogP contribution in [0.1, 0.15) is 46.1 Å². The van der Waals surface area contributed by atoms with Gasteiger partial charge >= 0.3 is 6.03 Å². The molecule has 0 unspecified atom stereocenters. The van der Waals surface area contributed by atoms with Crippen molar-refractivity contribution in [3.8, 4) is 0 Å². The molecule has 0 saturated heterocycles. The minimum atomic E-state index is -0.375. The van der Waals surface area contributed by atoms with Crippen LogP contribution in [0.3, 0.4) is 0 Å². The minimum Gasteiger partial charge on any atom is -0.305 e. The van der Waals surface area contributed by atoms with Crippen LogP contribution >= 0.6 is 0 Å². The lowest BCUT2D eigenvalue weighted by Gasteiger charge is -2.25. The van der Waals surface area contributed by atoms with Gasteiger partial charge in [-0.1, -0.05) is 0 Å². The number of hydrogen-bond donors (Lipinski definition) is 2. The van der Waals surface area contributed by atoms with E-state index in [1.54, 1.807) is 17.2 Å². The Hall–Kier alpha value is -2.38. The number of hydrogen-bond acceptors (Lipinski definition) is 4. The van der Waals surface area contributed by atoms with Gasteiger partial charge in [-0.05, 0) is 40.0 Å². The van der Waals surface area contributed by atoms with Crippen LogP contribution in [0.15, 0.2) is 18.7 Å². The molecule has 1 saturated carbocycles. The van der Waals surface area contributed by atoms with Gasteiger partial charge in [-0.2, -0.15) is 5.10 Å². The molecule has 8 heteroatoms. The van der Waals surface area contributed by atoms with Gasteiger partial charge in [0.1, 0.15) is 6.33 Å². The standard InChI is InChI=1S/C14H21N7O/c1-14(2,3)21-9-15-12(19-21)18-13(22)17-10-7-16-20(8-10)11-5-4-6-11/h7-9,11H,4-6H2,1-3H3,(H2,17,18,19,22). The van der Waals surface area contributed by atoms with Crippen molar-refractivity contribution in [1.82, 2.24) is 24.5 Å². The molecular weight excluding hydrogens is 282 g/mol. The molecule has 118 valence electrons. The molecule has 1 fully saturated rings. The maximum atomic E-state index is 12.0. The van der Waals surface area contributed by atoms with Crippen LogP contribution in [0.4, 0.5) is 16.4 Å². The smallest absolute Gasteiger partial charge is 0.305 e. The largest absolute Gasteiger partial charge is 0.326 e. The highest BCUT2D eigenvalue weighted by molar-refractivity contribution is 5.98. The zero-order valence-electron chi connectivity index (χ0n) is 13.1. The van der Waals surface area contributed by atoms with E-state index in [4.69, 9.17) is 0 Å². The molecule has 2 aromatic heterocycles. The lowest BCUT2D eigenvalue weighted by molar-refractivity contribution is 0.262. The predicted octanol–water partition coefficient (Wildman–Crippen LogP) is 2.60. The Morgan fingerprint density at radius 2 is 2.09 bits per heavy atom. The molecule has 2 amide bonds. The number of nitrogens with zero attached hydrogens (tertiary/aromatic N) is 5. The van der Waals surface area contributed by atoms with E-state index in [1.807, 2.05) is 31.6 Å². The van der Waals surface area contributed by atoms with Crippen molar-refractivity contribution < 1.29 is 4.79 Å². The van der Waals surface area contributed by atoms with E-state index in [9.17, 15) is 4.79 Å². The van der Waals surface area contributed by atoms with Crippen LogP contribution in [-0.2, 0) is 5.54 Å². The van der Waals surface area contributed by atoms with E-state index in [0.717, 1.165) is 12.8 Å². The van der Waals surface area contributed by atoms with Crippen molar-refractivity contribution in [2.24, 2.45) is 0 Å². The van der Waals surface area contributed by atoms with Gasteiger partial charge in [-0.25, -0.2) is 14.5 Å². The quantitative estimate of drug-likeness (QED) is 0.912. The summed E-state index contributed by atoms with van der Waals surface area (Å²) >= 11 is 0. The Morgan fingerprint density at radius 1 is 1.32 bits per heavy atom. The van der Waals surface area contributed by atoms with E-state index < -0.39 is 0 Å². The molecule has 2 aromatic rings. The molecule has 0 radical (unpaired) electrons. The highest BCUT2D eigenvalue weighted by atomic mass is 16.2. The Morgan fingerprint density at radius 3 is 2.68 bits per heavy atom. The summed E-state index contributed by atoms with van der Waals surface area (Å²) in [4.78, 5) is 16.0. The van der Waals surface area contributed by atoms with Crippen molar-refractivity contribution in [2.45, 2.75) is 51.6 Å². The summed E-state index contributed by atoms with van der Waals surface area (Å²) in [6, 6.07) is 0.0996. The molecule has 0 atom stereocenters. The maximum absolute atomic E-state index is 12.0. The van der Waals surface area contributed by atoms with Crippen LogP contribution in [0.5, 0.6) is 0 Å². The van der Waals surface area contributed by atoms with Crippen LogP contribution in [-0.4, -0.2) is 30.6 Å². The third-order valence-corrected chi connectivity index (χ3v) is 3.71. The molecule has 2 N–H and O–H groups in total. The average molecular weight is 303 g/mol. The first-order valence-corrected chi connectivity index (χ1v) is 7.46. The first-order chi connectivity index (χ1) is 10.4. The maximum Gasteiger partial charge on any atom is 0.326 e. The Labute approximate surface area is 128 Å². The minimum absolute atomic E-state index is 0.173. The van der Waals surface area contributed by atoms with Crippen molar-refractivity contribution in [3.05, 3.63) is 18.7 Å². The topological polar surface area (TPSA) is 89.7 Å². The van der Waals surface area contributed by atoms with Crippen molar-refractivity contribution in [3.63, 3.8) is 0 Å². The second kappa shape index (κ2) is 5.43. The van der Waals surface area contributed by atoms with E-state index in [-0.39, 0.29) is 17.5 Å². The lowest BCUT2D eigenvalue weighted by Crippen LogP contribution is -2.23. The predicted molar refractivity (Wildman–Crippen MR) is 82.8 cm³/mol. The van der Waals surface area contributed by atoms with Gasteiger partial charge in [0.15, 0.2) is 0 Å². The van der Waals surface area contributed by atoms with Gasteiger partial charge in [0, 0.05) is 6.20 Å². The van der Waals surface area contributed by atoms with Crippen molar-refractivity contribution >= 4 is 17.7 Å². The number of urea groups is 1. The van der Waals surface area contributed by atoms with Crippen LogP contribution in [0.25, 0.3) is 0 Å². The van der Waals surface area contributed by atoms with Gasteiger partial charge in [-0.15, -0.1) is 5.10 Å². The number of carbonyl (C=O) groups excluding carboxylic acids is 1. The highest BCUT2D eigenvalue weighted by Crippen LogP contribution is 2.31. The Bertz CT molecular complexity index is 663. The monoisotopic (exact) mass is 303 g/mol. The molecule has 1 aliphatic carbocycles. The first kappa shape index (κ1) is 14.6. The summed E-state index contributed by atoms with van der Waals surface area (Å²) in [6.45, 7) is 6.04. The molecule has 22 heavy (non-hydrogen) atoms. The summed E-state index contributed by atoms with van der Waals surface area (Å²) in [5.74, 6) is 0.277. The molecule has 0 bridgehead atoms. The molecule has 2 heterocycles. The Kier molecular flexibility index (Phi) is 3.59. The average Bonchev–Trinajstić information content (AvgIpc) is 2.96. The van der Waals surface area contributed by atoms with E-state index in [1.165, 1.54) is 6.42 Å². The summed E-state index contributed by atoms with van der Waals surface area (Å²) < 4.78 is 3.61. The second-order valence-corrected chi connectivity index (χ2v) is 6.56. The lowest BCUT2D eigenvalue weighted by atomic mass is 9.93. The van der Waals surface area contributed by atoms with E-state index >= 15 is 0 Å². The molecule has 8 nitrogen and oxygen atoms in total. The van der Waals surface area contributed by atoms with Crippen molar-refractivity contribution in [2.75, 3.05) is 10.6 Å². The molecule has 1 aliphatic rings. The van der Waals surface area contributed by atoms with Gasteiger partial charge in [0.05, 0.1) is 23.5 Å². The molecule has 0 aliphatic heterocycles. The van der Waals surface area contributed by atoms with Crippen LogP contribution in [0, 0.1) is 0 Å². The van der Waals surface area contributed by atoms with Gasteiger partial charge in [0.2, 0.25) is 5.95 Å². The summed E-state index contributed by atoms with van der Waals surface area (Å²) in [6.07, 6.45) is 8.66. The normalized spacial score (nSPS) is 15.4. The molecule has 0 spiro atoms. The highest BCUT2D eigenvalue weighted by Gasteiger charge is 2.20. The molecular formula is C14H21N7O. The van der Waals surface area contributed by atoms with Crippen LogP contribution < -0.4 is 10.6 Å². The summed E-state index contributed by atoms with van der Waals surface area (Å²) in [5.41, 5.74) is 0.493. The summed E-state index contributed by atoms with van der Waals surface area (Å²) in [5, 5.41) is 13.9. The number of nitrogens with one attached hydrogen (secondary N) is 2. The van der Waals surface area contributed by atoms with Crippen LogP contribution in [0.2, 0.25) is 0 Å². The number of aromatic nitrogens is 5.